The van der Waals surface area contributed by atoms with Crippen LogP contribution < -0.4 is 4.98 Å². The van der Waals surface area contributed by atoms with Gasteiger partial charge in [0.05, 0.1) is 6.20 Å². The van der Waals surface area contributed by atoms with Crippen LogP contribution >= 0.6 is 0 Å². The van der Waals surface area contributed by atoms with E-state index in [1.54, 1.807) is 6.20 Å². The van der Waals surface area contributed by atoms with Crippen LogP contribution in [0.1, 0.15) is 31.3 Å². The molecule has 0 aliphatic rings. The Morgan fingerprint density at radius 2 is 1.94 bits per heavy atom. The van der Waals surface area contributed by atoms with Gasteiger partial charge in [0.15, 0.2) is 8.24 Å². The van der Waals surface area contributed by atoms with E-state index in [1.165, 1.54) is 12.4 Å². The maximum atomic E-state index is 11.9. The van der Waals surface area contributed by atoms with E-state index >= 15 is 0 Å². The van der Waals surface area contributed by atoms with Gasteiger partial charge in [0.1, 0.15) is 5.69 Å². The fourth-order valence-electron chi connectivity index (χ4n) is 0.952. The molecule has 0 fully saturated rings. The molecule has 0 radical (unpaired) electrons. The second-order valence-electron chi connectivity index (χ2n) is 5.42. The number of aromatic nitrogens is 2. The molecule has 88 valence electrons. The number of nitrogens with zero attached hydrogens (tertiary/aromatic N) is 2. The van der Waals surface area contributed by atoms with Gasteiger partial charge in [-0.3, -0.25) is 9.78 Å². The Morgan fingerprint density at radius 3 is 2.38 bits per heavy atom. The van der Waals surface area contributed by atoms with Crippen molar-refractivity contribution in [1.29, 1.82) is 0 Å². The molecule has 5 heteroatoms. The molecule has 0 aromatic carbocycles. The summed E-state index contributed by atoms with van der Waals surface area (Å²) in [5, 5.41) is 0.116. The molecule has 1 aromatic heterocycles. The monoisotopic (exact) mass is 237 g/mol. The third-order valence-corrected chi connectivity index (χ3v) is 7.70. The maximum absolute atomic E-state index is 11.9. The molecule has 0 aliphatic heterocycles. The SMILES string of the molecule is CC(C)(C)[Si](C)(C)NC(=O)c1cnccn1. The van der Waals surface area contributed by atoms with Crippen LogP contribution in [0.4, 0.5) is 0 Å². The molecule has 1 N–H and O–H groups in total. The highest BCUT2D eigenvalue weighted by molar-refractivity contribution is 6.80. The third-order valence-electron chi connectivity index (χ3n) is 3.10. The molecule has 0 bridgehead atoms. The zero-order valence-corrected chi connectivity index (χ0v) is 11.5. The minimum atomic E-state index is -1.82. The van der Waals surface area contributed by atoms with Crippen molar-refractivity contribution in [2.24, 2.45) is 0 Å². The summed E-state index contributed by atoms with van der Waals surface area (Å²) >= 11 is 0. The summed E-state index contributed by atoms with van der Waals surface area (Å²) in [5.74, 6) is -0.125. The van der Waals surface area contributed by atoms with Crippen molar-refractivity contribution in [2.45, 2.75) is 38.9 Å². The van der Waals surface area contributed by atoms with Crippen molar-refractivity contribution < 1.29 is 4.79 Å². The summed E-state index contributed by atoms with van der Waals surface area (Å²) in [7, 11) is -1.82. The molecule has 1 rings (SSSR count). The Hall–Kier alpha value is -1.23. The summed E-state index contributed by atoms with van der Waals surface area (Å²) in [6.07, 6.45) is 4.58. The van der Waals surface area contributed by atoms with E-state index in [9.17, 15) is 4.79 Å². The summed E-state index contributed by atoms with van der Waals surface area (Å²) in [5.41, 5.74) is 0.382. The number of hydrogen-bond acceptors (Lipinski definition) is 3. The van der Waals surface area contributed by atoms with Gasteiger partial charge in [0.25, 0.3) is 5.91 Å². The van der Waals surface area contributed by atoms with E-state index in [4.69, 9.17) is 0 Å². The van der Waals surface area contributed by atoms with Gasteiger partial charge in [-0.2, -0.15) is 0 Å². The van der Waals surface area contributed by atoms with Crippen LogP contribution in [0.5, 0.6) is 0 Å². The van der Waals surface area contributed by atoms with Crippen LogP contribution in [-0.4, -0.2) is 24.1 Å². The second kappa shape index (κ2) is 4.33. The average Bonchev–Trinajstić information content (AvgIpc) is 2.16. The van der Waals surface area contributed by atoms with Crippen LogP contribution in [0.15, 0.2) is 18.6 Å². The maximum Gasteiger partial charge on any atom is 0.263 e. The van der Waals surface area contributed by atoms with E-state index in [1.807, 2.05) is 0 Å². The molecule has 1 aromatic rings. The minimum Gasteiger partial charge on any atom is -0.376 e. The van der Waals surface area contributed by atoms with Gasteiger partial charge in [-0.05, 0) is 5.04 Å². The van der Waals surface area contributed by atoms with E-state index < -0.39 is 8.24 Å². The van der Waals surface area contributed by atoms with Crippen LogP contribution in [0.3, 0.4) is 0 Å². The zero-order valence-electron chi connectivity index (χ0n) is 10.5. The summed E-state index contributed by atoms with van der Waals surface area (Å²) in [4.78, 5) is 22.9. The predicted molar refractivity (Wildman–Crippen MR) is 66.7 cm³/mol. The van der Waals surface area contributed by atoms with E-state index in [0.717, 1.165) is 0 Å². The van der Waals surface area contributed by atoms with Gasteiger partial charge in [0.2, 0.25) is 0 Å². The summed E-state index contributed by atoms with van der Waals surface area (Å²) in [6.45, 7) is 10.7. The van der Waals surface area contributed by atoms with Gasteiger partial charge < -0.3 is 4.98 Å². The Bertz CT molecular complexity index is 371. The van der Waals surface area contributed by atoms with Crippen molar-refractivity contribution in [3.63, 3.8) is 0 Å². The first-order chi connectivity index (χ1) is 7.24. The molecule has 4 nitrogen and oxygen atoms in total. The average molecular weight is 237 g/mol. The van der Waals surface area contributed by atoms with Crippen molar-refractivity contribution in [2.75, 3.05) is 0 Å². The number of amides is 1. The Morgan fingerprint density at radius 1 is 1.31 bits per heavy atom. The minimum absolute atomic E-state index is 0.116. The van der Waals surface area contributed by atoms with Crippen LogP contribution in [-0.2, 0) is 0 Å². The topological polar surface area (TPSA) is 54.9 Å². The van der Waals surface area contributed by atoms with Gasteiger partial charge in [-0.15, -0.1) is 0 Å². The standard InChI is InChI=1S/C11H19N3OSi/c1-11(2,3)16(4,5)14-10(15)9-8-12-6-7-13-9/h6-8H,1-5H3,(H,14,15). The van der Waals surface area contributed by atoms with Crippen molar-refractivity contribution >= 4 is 14.1 Å². The first kappa shape index (κ1) is 12.8. The molecule has 0 saturated carbocycles. The number of nitrogens with one attached hydrogen (secondary N) is 1. The Labute approximate surface area is 97.6 Å². The molecule has 1 amide bonds. The van der Waals surface area contributed by atoms with Gasteiger partial charge in [-0.25, -0.2) is 4.98 Å². The van der Waals surface area contributed by atoms with E-state index in [-0.39, 0.29) is 10.9 Å². The molecular formula is C11H19N3OSi. The molecule has 0 unspecified atom stereocenters. The molecular weight excluding hydrogens is 218 g/mol. The van der Waals surface area contributed by atoms with Crippen molar-refractivity contribution in [1.82, 2.24) is 15.0 Å². The summed E-state index contributed by atoms with van der Waals surface area (Å²) in [6, 6.07) is 0. The lowest BCUT2D eigenvalue weighted by Crippen LogP contribution is -2.54. The Kier molecular flexibility index (Phi) is 3.47. The lowest BCUT2D eigenvalue weighted by Gasteiger charge is -2.36. The lowest BCUT2D eigenvalue weighted by molar-refractivity contribution is 0.0971. The molecule has 1 heterocycles. The summed E-state index contributed by atoms with van der Waals surface area (Å²) < 4.78 is 0. The second-order valence-corrected chi connectivity index (χ2v) is 10.4. The molecule has 0 saturated heterocycles. The van der Waals surface area contributed by atoms with Gasteiger partial charge >= 0.3 is 0 Å². The highest BCUT2D eigenvalue weighted by Gasteiger charge is 2.37. The van der Waals surface area contributed by atoms with Crippen molar-refractivity contribution in [3.05, 3.63) is 24.3 Å². The van der Waals surface area contributed by atoms with E-state index in [0.29, 0.717) is 5.69 Å². The number of rotatable bonds is 2. The van der Waals surface area contributed by atoms with Gasteiger partial charge in [0, 0.05) is 12.4 Å². The first-order valence-corrected chi connectivity index (χ1v) is 8.32. The molecule has 0 spiro atoms. The quantitative estimate of drug-likeness (QED) is 0.802. The van der Waals surface area contributed by atoms with E-state index in [2.05, 4.69) is 48.8 Å². The molecule has 0 atom stereocenters. The highest BCUT2D eigenvalue weighted by atomic mass is 28.3. The fourth-order valence-corrected chi connectivity index (χ4v) is 2.02. The first-order valence-electron chi connectivity index (χ1n) is 5.32. The zero-order chi connectivity index (χ0) is 12.4. The molecule has 16 heavy (non-hydrogen) atoms. The fraction of sp³-hybridized carbons (Fsp3) is 0.545. The van der Waals surface area contributed by atoms with Crippen molar-refractivity contribution in [3.8, 4) is 0 Å². The molecule has 0 aliphatic carbocycles. The number of carbonyl (C=O) groups is 1. The highest BCUT2D eigenvalue weighted by Crippen LogP contribution is 2.33. The van der Waals surface area contributed by atoms with Crippen LogP contribution in [0.25, 0.3) is 0 Å². The largest absolute Gasteiger partial charge is 0.376 e. The Balaban J connectivity index is 2.80. The van der Waals surface area contributed by atoms with Crippen LogP contribution in [0, 0.1) is 0 Å². The predicted octanol–water partition coefficient (Wildman–Crippen LogP) is 2.21. The normalized spacial score (nSPS) is 12.3. The van der Waals surface area contributed by atoms with Gasteiger partial charge in [-0.1, -0.05) is 33.9 Å². The number of carbonyl (C=O) groups excluding carboxylic acids is 1. The lowest BCUT2D eigenvalue weighted by atomic mass is 10.2. The van der Waals surface area contributed by atoms with Crippen LogP contribution in [0.2, 0.25) is 18.1 Å². The number of hydrogen-bond donors (Lipinski definition) is 1. The smallest absolute Gasteiger partial charge is 0.263 e. The third kappa shape index (κ3) is 2.88.